The molecule has 2 aromatic heterocycles. The van der Waals surface area contributed by atoms with E-state index in [9.17, 15) is 10.1 Å². The first-order valence-electron chi connectivity index (χ1n) is 10.9. The Morgan fingerprint density at radius 3 is 2.79 bits per heavy atom. The van der Waals surface area contributed by atoms with Gasteiger partial charge in [-0.25, -0.2) is 5.10 Å². The molecule has 1 saturated carbocycles. The van der Waals surface area contributed by atoms with Gasteiger partial charge in [-0.15, -0.1) is 0 Å². The fraction of sp³-hybridized carbons (Fsp3) is 0.280. The normalized spacial score (nSPS) is 13.3. The molecule has 1 aliphatic carbocycles. The Balaban J connectivity index is 1.76. The summed E-state index contributed by atoms with van der Waals surface area (Å²) < 4.78 is 7.77. The highest BCUT2D eigenvalue weighted by atomic mass is 35.5. The maximum absolute atomic E-state index is 12.3. The van der Waals surface area contributed by atoms with Crippen molar-refractivity contribution in [3.63, 3.8) is 0 Å². The van der Waals surface area contributed by atoms with Crippen LogP contribution in [0.15, 0.2) is 35.3 Å². The molecule has 2 heterocycles. The molecule has 5 rings (SSSR count). The third-order valence-corrected chi connectivity index (χ3v) is 6.50. The van der Waals surface area contributed by atoms with Crippen LogP contribution < -0.4 is 10.3 Å². The van der Waals surface area contributed by atoms with E-state index in [-0.39, 0.29) is 11.7 Å². The van der Waals surface area contributed by atoms with Gasteiger partial charge in [0.25, 0.3) is 5.56 Å². The monoisotopic (exact) mass is 459 g/mol. The molecule has 0 aliphatic heterocycles. The van der Waals surface area contributed by atoms with Crippen molar-refractivity contribution in [1.29, 1.82) is 5.26 Å². The van der Waals surface area contributed by atoms with Crippen molar-refractivity contribution in [1.82, 2.24) is 20.0 Å². The third-order valence-electron chi connectivity index (χ3n) is 6.11. The van der Waals surface area contributed by atoms with Crippen LogP contribution in [0.2, 0.25) is 5.02 Å². The van der Waals surface area contributed by atoms with E-state index in [1.807, 2.05) is 33.0 Å². The number of fused-ring (bicyclic) bond motifs is 1. The smallest absolute Gasteiger partial charge is 0.272 e. The van der Waals surface area contributed by atoms with E-state index in [1.165, 1.54) is 0 Å². The number of nitrogens with one attached hydrogen (secondary N) is 1. The molecule has 33 heavy (non-hydrogen) atoms. The second-order valence-electron chi connectivity index (χ2n) is 8.30. The number of nitriles is 1. The van der Waals surface area contributed by atoms with Crippen LogP contribution in [-0.2, 0) is 13.5 Å². The quantitative estimate of drug-likeness (QED) is 0.456. The number of aromatic nitrogens is 4. The maximum Gasteiger partial charge on any atom is 0.272 e. The summed E-state index contributed by atoms with van der Waals surface area (Å²) in [6.07, 6.45) is 4.54. The van der Waals surface area contributed by atoms with Crippen molar-refractivity contribution >= 4 is 22.4 Å². The lowest BCUT2D eigenvalue weighted by Crippen LogP contribution is -2.10. The maximum atomic E-state index is 12.3. The fourth-order valence-corrected chi connectivity index (χ4v) is 4.39. The molecule has 0 unspecified atom stereocenters. The van der Waals surface area contributed by atoms with E-state index in [2.05, 4.69) is 21.4 Å². The van der Waals surface area contributed by atoms with Gasteiger partial charge in [0, 0.05) is 34.6 Å². The molecule has 0 atom stereocenters. The fourth-order valence-electron chi connectivity index (χ4n) is 4.19. The number of nitrogens with zero attached hydrogens (tertiary/aromatic N) is 4. The number of halogens is 1. The van der Waals surface area contributed by atoms with Gasteiger partial charge >= 0.3 is 0 Å². The molecule has 0 spiro atoms. The zero-order chi connectivity index (χ0) is 23.3. The van der Waals surface area contributed by atoms with Crippen LogP contribution in [0.25, 0.3) is 33.2 Å². The highest BCUT2D eigenvalue weighted by molar-refractivity contribution is 6.32. The zero-order valence-corrected chi connectivity index (χ0v) is 19.3. The molecule has 1 aliphatic rings. The van der Waals surface area contributed by atoms with E-state index in [1.54, 1.807) is 23.0 Å². The summed E-state index contributed by atoms with van der Waals surface area (Å²) in [5.74, 6) is 0.500. The number of aromatic amines is 1. The van der Waals surface area contributed by atoms with Crippen LogP contribution in [0.1, 0.15) is 36.6 Å². The molecular weight excluding hydrogens is 438 g/mol. The zero-order valence-electron chi connectivity index (χ0n) is 18.6. The van der Waals surface area contributed by atoms with Crippen LogP contribution >= 0.6 is 11.6 Å². The third kappa shape index (κ3) is 3.57. The van der Waals surface area contributed by atoms with Gasteiger partial charge in [-0.05, 0) is 49.4 Å². The number of H-pyrrole nitrogens is 1. The van der Waals surface area contributed by atoms with Crippen LogP contribution in [0, 0.1) is 18.3 Å². The summed E-state index contributed by atoms with van der Waals surface area (Å²) in [6.45, 7) is 3.90. The number of hydrogen-bond acceptors (Lipinski definition) is 5. The van der Waals surface area contributed by atoms with E-state index in [0.29, 0.717) is 33.7 Å². The lowest BCUT2D eigenvalue weighted by Gasteiger charge is -2.17. The van der Waals surface area contributed by atoms with Crippen molar-refractivity contribution in [2.75, 3.05) is 0 Å². The molecular formula is C25H22ClN5O2. The van der Waals surface area contributed by atoms with Gasteiger partial charge in [-0.1, -0.05) is 24.6 Å². The van der Waals surface area contributed by atoms with Crippen molar-refractivity contribution in [2.24, 2.45) is 7.05 Å². The predicted molar refractivity (Wildman–Crippen MR) is 127 cm³/mol. The largest absolute Gasteiger partial charge is 0.489 e. The van der Waals surface area contributed by atoms with Gasteiger partial charge in [-0.3, -0.25) is 9.48 Å². The van der Waals surface area contributed by atoms with Crippen LogP contribution in [0.3, 0.4) is 0 Å². The molecule has 0 amide bonds. The Kier molecular flexibility index (Phi) is 5.18. The second-order valence-corrected chi connectivity index (χ2v) is 8.71. The van der Waals surface area contributed by atoms with Crippen molar-refractivity contribution in [3.05, 3.63) is 62.7 Å². The summed E-state index contributed by atoms with van der Waals surface area (Å²) in [4.78, 5) is 12.3. The van der Waals surface area contributed by atoms with Crippen molar-refractivity contribution in [2.45, 2.75) is 39.2 Å². The van der Waals surface area contributed by atoms with E-state index in [4.69, 9.17) is 16.3 Å². The molecule has 2 aromatic carbocycles. The molecule has 0 radical (unpaired) electrons. The molecule has 0 saturated heterocycles. The Morgan fingerprint density at radius 1 is 1.30 bits per heavy atom. The number of ether oxygens (including phenoxy) is 1. The highest BCUT2D eigenvalue weighted by Gasteiger charge is 2.28. The van der Waals surface area contributed by atoms with Crippen LogP contribution in [0.4, 0.5) is 0 Å². The Bertz CT molecular complexity index is 1510. The highest BCUT2D eigenvalue weighted by Crippen LogP contribution is 2.43. The van der Waals surface area contributed by atoms with Crippen LogP contribution in [-0.4, -0.2) is 26.1 Å². The predicted octanol–water partition coefficient (Wildman–Crippen LogP) is 4.93. The topological polar surface area (TPSA) is 96.6 Å². The van der Waals surface area contributed by atoms with E-state index < -0.39 is 0 Å². The Labute approximate surface area is 195 Å². The molecule has 1 N–H and O–H groups in total. The van der Waals surface area contributed by atoms with Gasteiger partial charge in [0.2, 0.25) is 0 Å². The minimum Gasteiger partial charge on any atom is -0.489 e. The van der Waals surface area contributed by atoms with Gasteiger partial charge in [0.1, 0.15) is 17.4 Å². The summed E-state index contributed by atoms with van der Waals surface area (Å²) in [5, 5.41) is 23.3. The number of rotatable bonds is 5. The van der Waals surface area contributed by atoms with Crippen molar-refractivity contribution < 1.29 is 4.74 Å². The van der Waals surface area contributed by atoms with Crippen LogP contribution in [0.5, 0.6) is 5.75 Å². The molecule has 1 fully saturated rings. The second kappa shape index (κ2) is 8.05. The minimum absolute atomic E-state index is 0.133. The van der Waals surface area contributed by atoms with Gasteiger partial charge in [0.05, 0.1) is 29.1 Å². The number of benzene rings is 2. The Hall–Kier alpha value is -3.63. The van der Waals surface area contributed by atoms with E-state index >= 15 is 0 Å². The molecule has 0 bridgehead atoms. The lowest BCUT2D eigenvalue weighted by atomic mass is 9.93. The number of aryl methyl sites for hydroxylation is 2. The average molecular weight is 460 g/mol. The summed E-state index contributed by atoms with van der Waals surface area (Å²) in [5.41, 5.74) is 5.00. The first kappa shape index (κ1) is 21.2. The molecule has 4 aromatic rings. The van der Waals surface area contributed by atoms with Crippen molar-refractivity contribution in [3.8, 4) is 34.2 Å². The lowest BCUT2D eigenvalue weighted by molar-refractivity contribution is 0.302. The molecule has 7 nitrogen and oxygen atoms in total. The standard InChI is InChI=1S/C25H22ClN5O2/c1-4-21-17-9-14(5-8-16(17)25(32)30-29-21)19-12-28-31(3)24(19)23-13(2)20(26)10-22(18(23)11-27)33-15-6-7-15/h5,8-10,12,15H,4,6-7H2,1-3H3,(H,30,32). The SMILES string of the molecule is CCc1n[nH]c(=O)c2ccc(-c3cnn(C)c3-c3c(C)c(Cl)cc(OC4CC4)c3C#N)cc12. The summed E-state index contributed by atoms with van der Waals surface area (Å²) >= 11 is 6.59. The van der Waals surface area contributed by atoms with Gasteiger partial charge in [-0.2, -0.15) is 15.5 Å². The first-order valence-corrected chi connectivity index (χ1v) is 11.2. The average Bonchev–Trinajstić information content (AvgIpc) is 3.55. The minimum atomic E-state index is -0.223. The number of hydrogen-bond donors (Lipinski definition) is 1. The van der Waals surface area contributed by atoms with E-state index in [0.717, 1.165) is 46.3 Å². The summed E-state index contributed by atoms with van der Waals surface area (Å²) in [6, 6.07) is 9.73. The van der Waals surface area contributed by atoms with Gasteiger partial charge in [0.15, 0.2) is 0 Å². The summed E-state index contributed by atoms with van der Waals surface area (Å²) in [7, 11) is 1.84. The Morgan fingerprint density at radius 2 is 2.09 bits per heavy atom. The van der Waals surface area contributed by atoms with Gasteiger partial charge < -0.3 is 4.74 Å². The molecule has 8 heteroatoms. The molecule has 166 valence electrons. The first-order chi connectivity index (χ1) is 15.9.